The van der Waals surface area contributed by atoms with E-state index in [0.717, 1.165) is 24.2 Å². The molecule has 2 aliphatic rings. The number of rotatable bonds is 9. The Morgan fingerprint density at radius 1 is 1.03 bits per heavy atom. The van der Waals surface area contributed by atoms with Gasteiger partial charge in [0.25, 0.3) is 5.91 Å². The third kappa shape index (κ3) is 5.65. The van der Waals surface area contributed by atoms with E-state index in [1.54, 1.807) is 55.6 Å². The van der Waals surface area contributed by atoms with Crippen LogP contribution in [0.1, 0.15) is 38.5 Å². The number of urea groups is 1. The van der Waals surface area contributed by atoms with Crippen LogP contribution in [0.5, 0.6) is 11.5 Å². The predicted molar refractivity (Wildman–Crippen MR) is 134 cm³/mol. The first-order valence-electron chi connectivity index (χ1n) is 11.9. The zero-order chi connectivity index (χ0) is 24.8. The van der Waals surface area contributed by atoms with Crippen LogP contribution in [0.15, 0.2) is 60.2 Å². The molecule has 0 spiro atoms. The molecule has 1 fully saturated rings. The van der Waals surface area contributed by atoms with Gasteiger partial charge in [0.05, 0.1) is 26.3 Å². The largest absolute Gasteiger partial charge is 0.497 e. The number of hydrogen-bond donors (Lipinski definition) is 1. The van der Waals surface area contributed by atoms with E-state index in [1.165, 1.54) is 24.0 Å². The van der Waals surface area contributed by atoms with Gasteiger partial charge in [-0.2, -0.15) is 0 Å². The fourth-order valence-corrected chi connectivity index (χ4v) is 4.53. The molecular weight excluding hydrogens is 446 g/mol. The molecule has 1 aliphatic carbocycles. The van der Waals surface area contributed by atoms with Crippen LogP contribution in [-0.4, -0.2) is 49.6 Å². The highest BCUT2D eigenvalue weighted by molar-refractivity contribution is 6.22. The minimum absolute atomic E-state index is 0.129. The normalized spacial score (nSPS) is 17.9. The molecule has 8 heteroatoms. The average Bonchev–Trinajstić information content (AvgIpc) is 3.12. The number of nitrogens with one attached hydrogen (secondary N) is 1. The Labute approximate surface area is 205 Å². The molecule has 35 heavy (non-hydrogen) atoms. The Morgan fingerprint density at radius 3 is 2.49 bits per heavy atom. The molecule has 4 amide bonds. The number of imide groups is 1. The molecular formula is C27H31N3O5. The number of carbonyl (C=O) groups excluding carboxylic acids is 3. The van der Waals surface area contributed by atoms with E-state index in [1.807, 2.05) is 0 Å². The quantitative estimate of drug-likeness (QED) is 0.416. The van der Waals surface area contributed by atoms with Gasteiger partial charge in [-0.15, -0.1) is 0 Å². The summed E-state index contributed by atoms with van der Waals surface area (Å²) >= 11 is 0. The van der Waals surface area contributed by atoms with Crippen LogP contribution in [0.4, 0.5) is 16.2 Å². The maximum Gasteiger partial charge on any atom is 0.332 e. The van der Waals surface area contributed by atoms with Gasteiger partial charge in [0.2, 0.25) is 5.91 Å². The lowest BCUT2D eigenvalue weighted by Crippen LogP contribution is -2.38. The van der Waals surface area contributed by atoms with Crippen molar-refractivity contribution in [1.82, 2.24) is 4.90 Å². The fraction of sp³-hybridized carbons (Fsp3) is 0.370. The topological polar surface area (TPSA) is 88.2 Å². The number of amides is 4. The molecule has 0 aromatic heterocycles. The molecule has 8 nitrogen and oxygen atoms in total. The summed E-state index contributed by atoms with van der Waals surface area (Å²) in [4.78, 5) is 42.5. The second-order valence-corrected chi connectivity index (χ2v) is 8.71. The van der Waals surface area contributed by atoms with Crippen molar-refractivity contribution < 1.29 is 23.9 Å². The van der Waals surface area contributed by atoms with Crippen LogP contribution in [0.3, 0.4) is 0 Å². The maximum atomic E-state index is 13.5. The van der Waals surface area contributed by atoms with E-state index in [0.29, 0.717) is 35.8 Å². The summed E-state index contributed by atoms with van der Waals surface area (Å²) in [5.74, 6) is 0.473. The standard InChI is InChI=1S/C27H31N3O5/c1-34-22-13-11-20(12-14-22)28-25(31)18-24-26(32)30(21-9-6-10-23(17-21)35-2)27(33)29(24)16-15-19-7-4-3-5-8-19/h6-7,9-14,17,24H,3-5,8,15-16,18H2,1-2H3,(H,28,31)/t24-/m0/s1. The van der Waals surface area contributed by atoms with E-state index in [-0.39, 0.29) is 12.3 Å². The van der Waals surface area contributed by atoms with Crippen molar-refractivity contribution in [2.45, 2.75) is 44.6 Å². The van der Waals surface area contributed by atoms with Crippen molar-refractivity contribution in [3.05, 3.63) is 60.2 Å². The third-order valence-electron chi connectivity index (χ3n) is 6.44. The first-order valence-corrected chi connectivity index (χ1v) is 11.9. The van der Waals surface area contributed by atoms with Crippen LogP contribution in [-0.2, 0) is 9.59 Å². The van der Waals surface area contributed by atoms with Gasteiger partial charge in [0, 0.05) is 18.3 Å². The minimum atomic E-state index is -0.879. The van der Waals surface area contributed by atoms with E-state index >= 15 is 0 Å². The smallest absolute Gasteiger partial charge is 0.332 e. The Bertz CT molecular complexity index is 1110. The van der Waals surface area contributed by atoms with Gasteiger partial charge in [0.15, 0.2) is 0 Å². The zero-order valence-corrected chi connectivity index (χ0v) is 20.2. The van der Waals surface area contributed by atoms with Crippen molar-refractivity contribution in [3.63, 3.8) is 0 Å². The van der Waals surface area contributed by atoms with Crippen LogP contribution in [0.25, 0.3) is 0 Å². The maximum absolute atomic E-state index is 13.5. The van der Waals surface area contributed by atoms with E-state index in [2.05, 4.69) is 11.4 Å². The monoisotopic (exact) mass is 477 g/mol. The number of methoxy groups -OCH3 is 2. The zero-order valence-electron chi connectivity index (χ0n) is 20.2. The number of carbonyl (C=O) groups is 3. The lowest BCUT2D eigenvalue weighted by molar-refractivity contribution is -0.124. The molecule has 1 heterocycles. The first kappa shape index (κ1) is 24.3. The second-order valence-electron chi connectivity index (χ2n) is 8.71. The van der Waals surface area contributed by atoms with E-state index in [9.17, 15) is 14.4 Å². The minimum Gasteiger partial charge on any atom is -0.497 e. The summed E-state index contributed by atoms with van der Waals surface area (Å²) in [6.45, 7) is 0.386. The fourth-order valence-electron chi connectivity index (χ4n) is 4.53. The lowest BCUT2D eigenvalue weighted by atomic mass is 9.97. The molecule has 1 N–H and O–H groups in total. The van der Waals surface area contributed by atoms with Crippen LogP contribution < -0.4 is 19.7 Å². The van der Waals surface area contributed by atoms with Crippen molar-refractivity contribution in [2.24, 2.45) is 0 Å². The summed E-state index contributed by atoms with van der Waals surface area (Å²) in [6.07, 6.45) is 7.18. The van der Waals surface area contributed by atoms with Gasteiger partial charge in [-0.05, 0) is 68.5 Å². The number of anilines is 2. The highest BCUT2D eigenvalue weighted by Crippen LogP contribution is 2.31. The molecule has 2 aromatic carbocycles. The number of benzene rings is 2. The molecule has 0 bridgehead atoms. The van der Waals surface area contributed by atoms with Crippen molar-refractivity contribution >= 4 is 29.2 Å². The van der Waals surface area contributed by atoms with Crippen LogP contribution in [0.2, 0.25) is 0 Å². The molecule has 0 saturated carbocycles. The number of allylic oxidation sites excluding steroid dienone is 1. The molecule has 1 aliphatic heterocycles. The van der Waals surface area contributed by atoms with Gasteiger partial charge in [-0.25, -0.2) is 9.69 Å². The van der Waals surface area contributed by atoms with Gasteiger partial charge in [-0.3, -0.25) is 9.59 Å². The van der Waals surface area contributed by atoms with Crippen molar-refractivity contribution in [1.29, 1.82) is 0 Å². The highest BCUT2D eigenvalue weighted by Gasteiger charge is 2.46. The third-order valence-corrected chi connectivity index (χ3v) is 6.44. The second kappa shape index (κ2) is 11.1. The number of nitrogens with zero attached hydrogens (tertiary/aromatic N) is 2. The van der Waals surface area contributed by atoms with Gasteiger partial charge in [0.1, 0.15) is 17.5 Å². The molecule has 1 saturated heterocycles. The lowest BCUT2D eigenvalue weighted by Gasteiger charge is -2.23. The van der Waals surface area contributed by atoms with Crippen molar-refractivity contribution in [2.75, 3.05) is 31.0 Å². The first-order chi connectivity index (χ1) is 17.0. The summed E-state index contributed by atoms with van der Waals surface area (Å²) in [6, 6.07) is 12.5. The summed E-state index contributed by atoms with van der Waals surface area (Å²) < 4.78 is 10.4. The molecule has 1 atom stereocenters. The van der Waals surface area contributed by atoms with Crippen molar-refractivity contribution in [3.8, 4) is 11.5 Å². The number of hydrogen-bond acceptors (Lipinski definition) is 5. The predicted octanol–water partition coefficient (Wildman–Crippen LogP) is 4.76. The molecule has 0 unspecified atom stereocenters. The SMILES string of the molecule is COc1ccc(NC(=O)C[C@H]2C(=O)N(c3cccc(OC)c3)C(=O)N2CCC2=CCCCC2)cc1. The molecule has 184 valence electrons. The molecule has 0 radical (unpaired) electrons. The summed E-state index contributed by atoms with van der Waals surface area (Å²) in [5.41, 5.74) is 2.33. The Kier molecular flexibility index (Phi) is 7.70. The Balaban J connectivity index is 1.53. The van der Waals surface area contributed by atoms with Crippen LogP contribution in [0, 0.1) is 0 Å². The Morgan fingerprint density at radius 2 is 1.80 bits per heavy atom. The highest BCUT2D eigenvalue weighted by atomic mass is 16.5. The van der Waals surface area contributed by atoms with Gasteiger partial charge >= 0.3 is 6.03 Å². The summed E-state index contributed by atoms with van der Waals surface area (Å²) in [5, 5.41) is 2.82. The average molecular weight is 478 g/mol. The summed E-state index contributed by atoms with van der Waals surface area (Å²) in [7, 11) is 3.10. The van der Waals surface area contributed by atoms with Gasteiger partial charge < -0.3 is 19.7 Å². The van der Waals surface area contributed by atoms with Crippen LogP contribution >= 0.6 is 0 Å². The molecule has 4 rings (SSSR count). The van der Waals surface area contributed by atoms with E-state index < -0.39 is 18.0 Å². The molecule has 2 aromatic rings. The number of ether oxygens (including phenoxy) is 2. The van der Waals surface area contributed by atoms with E-state index in [4.69, 9.17) is 9.47 Å². The van der Waals surface area contributed by atoms with Gasteiger partial charge in [-0.1, -0.05) is 17.7 Å². The Hall–Kier alpha value is -3.81.